The normalized spacial score (nSPS) is 11.8. The molecule has 0 unspecified atom stereocenters. The van der Waals surface area contributed by atoms with Crippen LogP contribution < -0.4 is 9.64 Å². The number of hydrogen-bond donors (Lipinski definition) is 0. The molecule has 0 N–H and O–H groups in total. The van der Waals surface area contributed by atoms with Crippen LogP contribution in [-0.4, -0.2) is 0 Å². The first-order valence-corrected chi connectivity index (χ1v) is 15.2. The molecule has 0 aliphatic carbocycles. The van der Waals surface area contributed by atoms with Crippen LogP contribution in [0.15, 0.2) is 174 Å². The monoisotopic (exact) mass is 569 g/mol. The minimum Gasteiger partial charge on any atom is -0.455 e. The van der Waals surface area contributed by atoms with Gasteiger partial charge < -0.3 is 9.64 Å². The second kappa shape index (κ2) is 10.9. The number of anilines is 3. The maximum atomic E-state index is 6.27. The molecule has 0 spiro atoms. The van der Waals surface area contributed by atoms with Crippen molar-refractivity contribution >= 4 is 39.6 Å². The zero-order valence-corrected chi connectivity index (χ0v) is 24.2. The van der Waals surface area contributed by atoms with Crippen LogP contribution in [-0.2, 0) is 0 Å². The summed E-state index contributed by atoms with van der Waals surface area (Å²) in [5.41, 5.74) is 8.06. The number of rotatable bonds is 5. The zero-order chi connectivity index (χ0) is 28.6. The summed E-state index contributed by atoms with van der Waals surface area (Å²) in [7, 11) is 0. The molecule has 1 heterocycles. The second-order valence-electron chi connectivity index (χ2n) is 10.6. The fourth-order valence-corrected chi connectivity index (χ4v) is 6.71. The Labute approximate surface area is 255 Å². The van der Waals surface area contributed by atoms with Gasteiger partial charge in [0.1, 0.15) is 11.5 Å². The van der Waals surface area contributed by atoms with Gasteiger partial charge in [0.15, 0.2) is 0 Å². The van der Waals surface area contributed by atoms with E-state index in [0.717, 1.165) is 49.5 Å². The summed E-state index contributed by atoms with van der Waals surface area (Å²) in [5.74, 6) is 1.82. The van der Waals surface area contributed by atoms with E-state index < -0.39 is 0 Å². The predicted octanol–water partition coefficient (Wildman–Crippen LogP) is 11.9. The quantitative estimate of drug-likeness (QED) is 0.205. The van der Waals surface area contributed by atoms with Gasteiger partial charge in [0.2, 0.25) is 0 Å². The van der Waals surface area contributed by atoms with Gasteiger partial charge in [-0.3, -0.25) is 0 Å². The maximum Gasteiger partial charge on any atom is 0.142 e. The van der Waals surface area contributed by atoms with Gasteiger partial charge in [-0.05, 0) is 82.2 Å². The molecule has 0 bridgehead atoms. The number of benzene rings is 7. The standard InChI is InChI=1S/C40H27NOS/c1-2-9-28(10-3-1)29-17-22-33(23-18-29)41(36-14-8-12-31-11-4-5-13-35(31)36)34-24-19-30(20-25-34)32-21-26-40-38(27-32)42-37-15-6-7-16-39(37)43-40/h1-27H. The lowest BCUT2D eigenvalue weighted by Crippen LogP contribution is -2.10. The van der Waals surface area contributed by atoms with Crippen molar-refractivity contribution in [2.45, 2.75) is 9.79 Å². The number of ether oxygens (including phenoxy) is 1. The highest BCUT2D eigenvalue weighted by Gasteiger charge is 2.19. The largest absolute Gasteiger partial charge is 0.455 e. The lowest BCUT2D eigenvalue weighted by atomic mass is 10.0. The molecule has 0 aromatic heterocycles. The highest BCUT2D eigenvalue weighted by molar-refractivity contribution is 7.99. The Hall–Kier alpha value is -5.25. The number of nitrogens with zero attached hydrogens (tertiary/aromatic N) is 1. The Morgan fingerprint density at radius 2 is 1.00 bits per heavy atom. The molecule has 0 saturated heterocycles. The molecule has 0 radical (unpaired) electrons. The maximum absolute atomic E-state index is 6.27. The summed E-state index contributed by atoms with van der Waals surface area (Å²) in [4.78, 5) is 4.64. The summed E-state index contributed by atoms with van der Waals surface area (Å²) >= 11 is 1.76. The van der Waals surface area contributed by atoms with Gasteiger partial charge in [-0.15, -0.1) is 0 Å². The molecule has 7 aromatic rings. The van der Waals surface area contributed by atoms with Crippen LogP contribution in [0.2, 0.25) is 0 Å². The van der Waals surface area contributed by atoms with Crippen molar-refractivity contribution in [3.63, 3.8) is 0 Å². The molecule has 8 rings (SSSR count). The Bertz CT molecular complexity index is 2060. The topological polar surface area (TPSA) is 12.5 Å². The van der Waals surface area contributed by atoms with Gasteiger partial charge in [0.25, 0.3) is 0 Å². The molecule has 7 aromatic carbocycles. The molecule has 0 fully saturated rings. The van der Waals surface area contributed by atoms with E-state index in [1.807, 2.05) is 12.1 Å². The molecular formula is C40H27NOS. The fourth-order valence-electron chi connectivity index (χ4n) is 5.77. The molecule has 43 heavy (non-hydrogen) atoms. The Balaban J connectivity index is 1.18. The molecule has 204 valence electrons. The number of fused-ring (bicyclic) bond motifs is 3. The first kappa shape index (κ1) is 25.5. The van der Waals surface area contributed by atoms with E-state index in [2.05, 4.69) is 157 Å². The average molecular weight is 570 g/mol. The van der Waals surface area contributed by atoms with E-state index in [9.17, 15) is 0 Å². The molecule has 0 atom stereocenters. The van der Waals surface area contributed by atoms with Crippen molar-refractivity contribution in [1.29, 1.82) is 0 Å². The van der Waals surface area contributed by atoms with Crippen LogP contribution in [0.1, 0.15) is 0 Å². The van der Waals surface area contributed by atoms with Crippen LogP contribution in [0, 0.1) is 0 Å². The van der Waals surface area contributed by atoms with E-state index in [0.29, 0.717) is 0 Å². The fraction of sp³-hybridized carbons (Fsp3) is 0. The Kier molecular flexibility index (Phi) is 6.43. The van der Waals surface area contributed by atoms with Crippen LogP contribution >= 0.6 is 11.8 Å². The first-order valence-electron chi connectivity index (χ1n) is 14.4. The van der Waals surface area contributed by atoms with E-state index in [4.69, 9.17) is 4.74 Å². The number of para-hydroxylation sites is 1. The lowest BCUT2D eigenvalue weighted by Gasteiger charge is -2.27. The van der Waals surface area contributed by atoms with Crippen LogP contribution in [0.25, 0.3) is 33.0 Å². The SMILES string of the molecule is c1ccc(-c2ccc(N(c3ccc(-c4ccc5c(c4)Oc4ccccc4S5)cc3)c3cccc4ccccc34)cc2)cc1. The van der Waals surface area contributed by atoms with Crippen LogP contribution in [0.4, 0.5) is 17.1 Å². The summed E-state index contributed by atoms with van der Waals surface area (Å²) < 4.78 is 6.27. The van der Waals surface area contributed by atoms with Crippen LogP contribution in [0.3, 0.4) is 0 Å². The van der Waals surface area contributed by atoms with Gasteiger partial charge in [-0.25, -0.2) is 0 Å². The van der Waals surface area contributed by atoms with E-state index >= 15 is 0 Å². The van der Waals surface area contributed by atoms with Gasteiger partial charge in [-0.1, -0.05) is 121 Å². The van der Waals surface area contributed by atoms with Crippen molar-refractivity contribution in [3.05, 3.63) is 164 Å². The predicted molar refractivity (Wildman–Crippen MR) is 180 cm³/mol. The van der Waals surface area contributed by atoms with Gasteiger partial charge in [0, 0.05) is 16.8 Å². The summed E-state index contributed by atoms with van der Waals surface area (Å²) in [6.45, 7) is 0. The molecule has 0 amide bonds. The Morgan fingerprint density at radius 1 is 0.419 bits per heavy atom. The van der Waals surface area contributed by atoms with Crippen molar-refractivity contribution < 1.29 is 4.74 Å². The van der Waals surface area contributed by atoms with E-state index in [-0.39, 0.29) is 0 Å². The smallest absolute Gasteiger partial charge is 0.142 e. The average Bonchev–Trinajstić information content (AvgIpc) is 3.08. The molecule has 3 heteroatoms. The zero-order valence-electron chi connectivity index (χ0n) is 23.4. The Morgan fingerprint density at radius 3 is 1.79 bits per heavy atom. The molecule has 1 aliphatic rings. The lowest BCUT2D eigenvalue weighted by molar-refractivity contribution is 0.455. The highest BCUT2D eigenvalue weighted by Crippen LogP contribution is 2.48. The van der Waals surface area contributed by atoms with Crippen molar-refractivity contribution in [3.8, 4) is 33.8 Å². The summed E-state index contributed by atoms with van der Waals surface area (Å²) in [6.07, 6.45) is 0. The summed E-state index contributed by atoms with van der Waals surface area (Å²) in [5, 5.41) is 2.43. The van der Waals surface area contributed by atoms with Crippen LogP contribution in [0.5, 0.6) is 11.5 Å². The van der Waals surface area contributed by atoms with Gasteiger partial charge >= 0.3 is 0 Å². The first-order chi connectivity index (χ1) is 21.3. The molecule has 1 aliphatic heterocycles. The minimum absolute atomic E-state index is 0.904. The molecular weight excluding hydrogens is 543 g/mol. The van der Waals surface area contributed by atoms with E-state index in [1.54, 1.807) is 11.8 Å². The summed E-state index contributed by atoms with van der Waals surface area (Å²) in [6, 6.07) is 58.0. The third-order valence-electron chi connectivity index (χ3n) is 7.93. The third kappa shape index (κ3) is 4.84. The van der Waals surface area contributed by atoms with Crippen molar-refractivity contribution in [2.24, 2.45) is 0 Å². The van der Waals surface area contributed by atoms with E-state index in [1.165, 1.54) is 21.9 Å². The second-order valence-corrected chi connectivity index (χ2v) is 11.7. The highest BCUT2D eigenvalue weighted by atomic mass is 32.2. The van der Waals surface area contributed by atoms with Crippen molar-refractivity contribution in [1.82, 2.24) is 0 Å². The van der Waals surface area contributed by atoms with Gasteiger partial charge in [-0.2, -0.15) is 0 Å². The van der Waals surface area contributed by atoms with Gasteiger partial charge in [0.05, 0.1) is 15.5 Å². The molecule has 2 nitrogen and oxygen atoms in total. The third-order valence-corrected chi connectivity index (χ3v) is 9.05. The molecule has 0 saturated carbocycles. The number of hydrogen-bond acceptors (Lipinski definition) is 3. The van der Waals surface area contributed by atoms with Crippen molar-refractivity contribution in [2.75, 3.05) is 4.90 Å². The minimum atomic E-state index is 0.904.